The number of fused-ring (bicyclic) bond motifs is 11. The van der Waals surface area contributed by atoms with Crippen molar-refractivity contribution in [1.82, 2.24) is 19.5 Å². The number of rotatable bonds is 5. The standard InChI is InChI=1S/C55H32N4O2/c1-2-13-33(14-3-1)34-25-27-36(28-26-34)53-56-54(43-21-12-20-40-39-17-7-10-23-47(39)61-52(40)43)58-55(57-53)44-31-37(32-49-51(44)42-19-8-11-24-48(42)60-49)59-45-22-9-6-18-41(45)50-38-16-5-4-15-35(38)29-30-46(50)59/h1-32H. The molecule has 0 aliphatic heterocycles. The molecule has 0 aliphatic carbocycles. The van der Waals surface area contributed by atoms with Crippen LogP contribution in [0.2, 0.25) is 0 Å². The maximum Gasteiger partial charge on any atom is 0.167 e. The predicted molar refractivity (Wildman–Crippen MR) is 248 cm³/mol. The van der Waals surface area contributed by atoms with E-state index in [0.717, 1.165) is 88.4 Å². The van der Waals surface area contributed by atoms with Gasteiger partial charge in [0.1, 0.15) is 22.3 Å². The van der Waals surface area contributed by atoms with Crippen molar-refractivity contribution < 1.29 is 8.83 Å². The summed E-state index contributed by atoms with van der Waals surface area (Å²) in [4.78, 5) is 15.9. The van der Waals surface area contributed by atoms with Crippen molar-refractivity contribution in [2.75, 3.05) is 0 Å². The second-order valence-electron chi connectivity index (χ2n) is 15.5. The van der Waals surface area contributed by atoms with E-state index in [1.54, 1.807) is 0 Å². The van der Waals surface area contributed by atoms with Gasteiger partial charge in [-0.1, -0.05) is 152 Å². The molecule has 6 nitrogen and oxygen atoms in total. The quantitative estimate of drug-likeness (QED) is 0.174. The fourth-order valence-electron chi connectivity index (χ4n) is 9.27. The number of hydrogen-bond acceptors (Lipinski definition) is 5. The molecule has 0 amide bonds. The fourth-order valence-corrected chi connectivity index (χ4v) is 9.27. The SMILES string of the molecule is c1ccc(-c2ccc(-c3nc(-c4cccc5c4oc4ccccc45)nc(-c4cc(-n5c6ccccc6c6c7ccccc7ccc65)cc5oc6ccccc6c45)n3)cc2)cc1. The van der Waals surface area contributed by atoms with Gasteiger partial charge in [0.2, 0.25) is 0 Å². The highest BCUT2D eigenvalue weighted by Gasteiger charge is 2.23. The Hall–Kier alpha value is -8.35. The average Bonchev–Trinajstić information content (AvgIpc) is 4.01. The molecule has 9 aromatic carbocycles. The summed E-state index contributed by atoms with van der Waals surface area (Å²) in [5, 5.41) is 8.79. The van der Waals surface area contributed by atoms with Crippen LogP contribution in [0.5, 0.6) is 0 Å². The van der Waals surface area contributed by atoms with Crippen molar-refractivity contribution >= 4 is 76.5 Å². The number of aromatic nitrogens is 4. The van der Waals surface area contributed by atoms with Gasteiger partial charge in [-0.2, -0.15) is 0 Å². The van der Waals surface area contributed by atoms with Crippen LogP contribution in [0.1, 0.15) is 0 Å². The maximum atomic E-state index is 6.72. The van der Waals surface area contributed by atoms with E-state index in [-0.39, 0.29) is 0 Å². The molecule has 0 fully saturated rings. The van der Waals surface area contributed by atoms with Gasteiger partial charge < -0.3 is 13.4 Å². The lowest BCUT2D eigenvalue weighted by molar-refractivity contribution is 0.668. The molecule has 4 aromatic heterocycles. The number of nitrogens with zero attached hydrogens (tertiary/aromatic N) is 4. The molecule has 0 bridgehead atoms. The second kappa shape index (κ2) is 13.1. The number of benzene rings is 9. The normalized spacial score (nSPS) is 11.9. The smallest absolute Gasteiger partial charge is 0.167 e. The lowest BCUT2D eigenvalue weighted by Gasteiger charge is -2.13. The number of furan rings is 2. The third kappa shape index (κ3) is 5.19. The Labute approximate surface area is 348 Å². The summed E-state index contributed by atoms with van der Waals surface area (Å²) in [6.45, 7) is 0. The Kier molecular flexibility index (Phi) is 7.21. The van der Waals surface area contributed by atoms with Gasteiger partial charge in [0.15, 0.2) is 17.5 Å². The molecule has 0 saturated carbocycles. The second-order valence-corrected chi connectivity index (χ2v) is 15.5. The molecule has 13 aromatic rings. The van der Waals surface area contributed by atoms with Crippen LogP contribution in [0, 0.1) is 0 Å². The zero-order valence-electron chi connectivity index (χ0n) is 32.6. The molecule has 0 N–H and O–H groups in total. The Morgan fingerprint density at radius 2 is 0.967 bits per heavy atom. The van der Waals surface area contributed by atoms with Gasteiger partial charge >= 0.3 is 0 Å². The first-order valence-corrected chi connectivity index (χ1v) is 20.4. The first-order valence-electron chi connectivity index (χ1n) is 20.4. The summed E-state index contributed by atoms with van der Waals surface area (Å²) in [6, 6.07) is 67.4. The highest BCUT2D eigenvalue weighted by atomic mass is 16.3. The zero-order chi connectivity index (χ0) is 40.0. The van der Waals surface area contributed by atoms with E-state index in [4.69, 9.17) is 23.8 Å². The first kappa shape index (κ1) is 33.6. The summed E-state index contributed by atoms with van der Waals surface area (Å²) in [5.41, 5.74) is 11.0. The summed E-state index contributed by atoms with van der Waals surface area (Å²) in [5.74, 6) is 1.61. The van der Waals surface area contributed by atoms with Crippen LogP contribution in [0.3, 0.4) is 0 Å². The van der Waals surface area contributed by atoms with Gasteiger partial charge in [0, 0.05) is 49.5 Å². The molecule has 0 radical (unpaired) electrons. The highest BCUT2D eigenvalue weighted by Crippen LogP contribution is 2.43. The van der Waals surface area contributed by atoms with Crippen molar-refractivity contribution in [3.05, 3.63) is 194 Å². The molecule has 4 heterocycles. The van der Waals surface area contributed by atoms with Crippen molar-refractivity contribution in [2.24, 2.45) is 0 Å². The van der Waals surface area contributed by atoms with Crippen molar-refractivity contribution in [3.63, 3.8) is 0 Å². The molecular formula is C55H32N4O2. The van der Waals surface area contributed by atoms with E-state index in [9.17, 15) is 0 Å². The van der Waals surface area contributed by atoms with Gasteiger partial charge in [0.25, 0.3) is 0 Å². The fraction of sp³-hybridized carbons (Fsp3) is 0. The number of hydrogen-bond donors (Lipinski definition) is 0. The Balaban J connectivity index is 1.11. The van der Waals surface area contributed by atoms with Crippen molar-refractivity contribution in [1.29, 1.82) is 0 Å². The minimum atomic E-state index is 0.520. The van der Waals surface area contributed by atoms with Crippen molar-refractivity contribution in [2.45, 2.75) is 0 Å². The van der Waals surface area contributed by atoms with E-state index in [1.165, 1.54) is 21.5 Å². The van der Waals surface area contributed by atoms with Crippen LogP contribution in [0.25, 0.3) is 127 Å². The van der Waals surface area contributed by atoms with Crippen LogP contribution in [-0.4, -0.2) is 19.5 Å². The molecule has 6 heteroatoms. The minimum Gasteiger partial charge on any atom is -0.456 e. The molecule has 0 spiro atoms. The zero-order valence-corrected chi connectivity index (χ0v) is 32.6. The van der Waals surface area contributed by atoms with Crippen LogP contribution in [0.4, 0.5) is 0 Å². The summed E-state index contributed by atoms with van der Waals surface area (Å²) in [6.07, 6.45) is 0. The van der Waals surface area contributed by atoms with Gasteiger partial charge in [-0.15, -0.1) is 0 Å². The summed E-state index contributed by atoms with van der Waals surface area (Å²) in [7, 11) is 0. The summed E-state index contributed by atoms with van der Waals surface area (Å²) >= 11 is 0. The monoisotopic (exact) mass is 780 g/mol. The van der Waals surface area contributed by atoms with Gasteiger partial charge in [-0.25, -0.2) is 15.0 Å². The predicted octanol–water partition coefficient (Wildman–Crippen LogP) is 14.6. The average molecular weight is 781 g/mol. The third-order valence-corrected chi connectivity index (χ3v) is 12.1. The molecule has 284 valence electrons. The van der Waals surface area contributed by atoms with Crippen LogP contribution >= 0.6 is 0 Å². The molecule has 0 aliphatic rings. The maximum absolute atomic E-state index is 6.72. The minimum absolute atomic E-state index is 0.520. The van der Waals surface area contributed by atoms with Crippen LogP contribution in [0.15, 0.2) is 203 Å². The van der Waals surface area contributed by atoms with E-state index in [2.05, 4.69) is 144 Å². The Morgan fingerprint density at radius 1 is 0.344 bits per heavy atom. The van der Waals surface area contributed by atoms with Gasteiger partial charge in [-0.05, 0) is 58.3 Å². The van der Waals surface area contributed by atoms with Crippen LogP contribution < -0.4 is 0 Å². The molecule has 61 heavy (non-hydrogen) atoms. The van der Waals surface area contributed by atoms with E-state index in [0.29, 0.717) is 17.5 Å². The molecule has 0 unspecified atom stereocenters. The van der Waals surface area contributed by atoms with Gasteiger partial charge in [-0.3, -0.25) is 0 Å². The lowest BCUT2D eigenvalue weighted by atomic mass is 10.0. The first-order chi connectivity index (χ1) is 30.2. The molecule has 13 rings (SSSR count). The van der Waals surface area contributed by atoms with E-state index < -0.39 is 0 Å². The number of para-hydroxylation sites is 4. The molecule has 0 atom stereocenters. The Bertz CT molecular complexity index is 3880. The lowest BCUT2D eigenvalue weighted by Crippen LogP contribution is -2.02. The largest absolute Gasteiger partial charge is 0.456 e. The van der Waals surface area contributed by atoms with Gasteiger partial charge in [0.05, 0.1) is 22.3 Å². The van der Waals surface area contributed by atoms with Crippen molar-refractivity contribution in [3.8, 4) is 51.0 Å². The molecule has 0 saturated heterocycles. The summed E-state index contributed by atoms with van der Waals surface area (Å²) < 4.78 is 15.6. The van der Waals surface area contributed by atoms with Crippen LogP contribution in [-0.2, 0) is 0 Å². The molecular weight excluding hydrogens is 749 g/mol. The van der Waals surface area contributed by atoms with E-state index in [1.807, 2.05) is 54.6 Å². The topological polar surface area (TPSA) is 69.9 Å². The third-order valence-electron chi connectivity index (χ3n) is 12.1. The highest BCUT2D eigenvalue weighted by molar-refractivity contribution is 6.22. The van der Waals surface area contributed by atoms with E-state index >= 15 is 0 Å². The Morgan fingerprint density at radius 3 is 1.80 bits per heavy atom.